The molecule has 2 aromatic rings. The van der Waals surface area contributed by atoms with Crippen LogP contribution in [0.4, 0.5) is 10.1 Å². The summed E-state index contributed by atoms with van der Waals surface area (Å²) in [7, 11) is -2.57. The number of hydrogen-bond acceptors (Lipinski definition) is 4. The largest absolute Gasteiger partial charge is 0.273 e. The molecule has 0 amide bonds. The molecule has 0 unspecified atom stereocenters. The van der Waals surface area contributed by atoms with E-state index in [0.29, 0.717) is 4.88 Å². The maximum absolute atomic E-state index is 13.6. The summed E-state index contributed by atoms with van der Waals surface area (Å²) in [5, 5.41) is 8.71. The van der Waals surface area contributed by atoms with Crippen molar-refractivity contribution in [3.05, 3.63) is 47.1 Å². The SMILES string of the molecule is CN(c1ccccc1F)S(=O)(=O)c1ccc(C#N)s1. The molecule has 1 heterocycles. The van der Waals surface area contributed by atoms with Crippen LogP contribution >= 0.6 is 11.3 Å². The first-order chi connectivity index (χ1) is 8.96. The number of sulfonamides is 1. The molecule has 0 saturated heterocycles. The van der Waals surface area contributed by atoms with Gasteiger partial charge in [-0.1, -0.05) is 12.1 Å². The van der Waals surface area contributed by atoms with Gasteiger partial charge in [-0.25, -0.2) is 12.8 Å². The van der Waals surface area contributed by atoms with Gasteiger partial charge in [-0.05, 0) is 24.3 Å². The number of nitrogens with zero attached hydrogens (tertiary/aromatic N) is 2. The molecule has 0 saturated carbocycles. The van der Waals surface area contributed by atoms with Crippen LogP contribution in [0, 0.1) is 17.1 Å². The fourth-order valence-corrected chi connectivity index (χ4v) is 3.97. The smallest absolute Gasteiger partial charge is 0.266 e. The molecule has 0 atom stereocenters. The Kier molecular flexibility index (Phi) is 3.55. The van der Waals surface area contributed by atoms with E-state index in [9.17, 15) is 12.8 Å². The van der Waals surface area contributed by atoms with Crippen LogP contribution in [-0.2, 0) is 10.0 Å². The van der Waals surface area contributed by atoms with E-state index in [1.165, 1.54) is 37.4 Å². The van der Waals surface area contributed by atoms with Gasteiger partial charge in [0.2, 0.25) is 0 Å². The normalized spacial score (nSPS) is 11.0. The number of anilines is 1. The monoisotopic (exact) mass is 296 g/mol. The fraction of sp³-hybridized carbons (Fsp3) is 0.0833. The highest BCUT2D eigenvalue weighted by Crippen LogP contribution is 2.28. The lowest BCUT2D eigenvalue weighted by molar-refractivity contribution is 0.591. The molecule has 0 spiro atoms. The van der Waals surface area contributed by atoms with Gasteiger partial charge in [-0.3, -0.25) is 4.31 Å². The summed E-state index contributed by atoms with van der Waals surface area (Å²) in [5.74, 6) is -0.620. The summed E-state index contributed by atoms with van der Waals surface area (Å²) in [6.45, 7) is 0. The second-order valence-electron chi connectivity index (χ2n) is 3.65. The average Bonchev–Trinajstić information content (AvgIpc) is 2.88. The molecule has 1 aromatic carbocycles. The topological polar surface area (TPSA) is 61.2 Å². The van der Waals surface area contributed by atoms with Crippen molar-refractivity contribution in [3.63, 3.8) is 0 Å². The Labute approximate surface area is 114 Å². The first-order valence-corrected chi connectivity index (χ1v) is 7.46. The number of nitriles is 1. The maximum atomic E-state index is 13.6. The quantitative estimate of drug-likeness (QED) is 0.874. The van der Waals surface area contributed by atoms with E-state index in [2.05, 4.69) is 0 Å². The summed E-state index contributed by atoms with van der Waals surface area (Å²) in [6, 6.07) is 10.2. The van der Waals surface area contributed by atoms with Gasteiger partial charge in [0.05, 0.1) is 5.69 Å². The van der Waals surface area contributed by atoms with Gasteiger partial charge in [0.15, 0.2) is 0 Å². The molecule has 98 valence electrons. The summed E-state index contributed by atoms with van der Waals surface area (Å²) in [4.78, 5) is 0.292. The lowest BCUT2D eigenvalue weighted by atomic mass is 10.3. The predicted octanol–water partition coefficient (Wildman–Crippen LogP) is 2.58. The molecule has 0 bridgehead atoms. The molecule has 0 aliphatic carbocycles. The summed E-state index contributed by atoms with van der Waals surface area (Å²) >= 11 is 0.855. The summed E-state index contributed by atoms with van der Waals surface area (Å²) in [5.41, 5.74) is -0.0330. The van der Waals surface area contributed by atoms with Crippen molar-refractivity contribution < 1.29 is 12.8 Å². The van der Waals surface area contributed by atoms with Crippen LogP contribution in [0.2, 0.25) is 0 Å². The van der Waals surface area contributed by atoms with Crippen LogP contribution in [0.15, 0.2) is 40.6 Å². The molecule has 7 heteroatoms. The van der Waals surface area contributed by atoms with Crippen LogP contribution in [0.3, 0.4) is 0 Å². The van der Waals surface area contributed by atoms with E-state index in [0.717, 1.165) is 15.6 Å². The number of benzene rings is 1. The average molecular weight is 296 g/mol. The van der Waals surface area contributed by atoms with Crippen molar-refractivity contribution in [1.82, 2.24) is 0 Å². The zero-order valence-electron chi connectivity index (χ0n) is 9.87. The van der Waals surface area contributed by atoms with Gasteiger partial charge in [-0.2, -0.15) is 5.26 Å². The second-order valence-corrected chi connectivity index (χ2v) is 6.93. The van der Waals surface area contributed by atoms with Crippen LogP contribution in [0.1, 0.15) is 4.88 Å². The molecule has 0 fully saturated rings. The molecule has 0 N–H and O–H groups in total. The number of rotatable bonds is 3. The molecule has 1 aromatic heterocycles. The molecular weight excluding hydrogens is 287 g/mol. The Morgan fingerprint density at radius 3 is 2.53 bits per heavy atom. The van der Waals surface area contributed by atoms with E-state index >= 15 is 0 Å². The van der Waals surface area contributed by atoms with E-state index in [1.54, 1.807) is 6.07 Å². The Bertz CT molecular complexity index is 747. The highest BCUT2D eigenvalue weighted by molar-refractivity contribution is 7.94. The molecular formula is C12H9FN2O2S2. The number of halogens is 1. The van der Waals surface area contributed by atoms with Gasteiger partial charge in [0.1, 0.15) is 21.0 Å². The minimum atomic E-state index is -3.84. The number of hydrogen-bond donors (Lipinski definition) is 0. The van der Waals surface area contributed by atoms with Gasteiger partial charge in [0.25, 0.3) is 10.0 Å². The summed E-state index contributed by atoms with van der Waals surface area (Å²) < 4.78 is 39.0. The van der Waals surface area contributed by atoms with Crippen molar-refractivity contribution in [2.24, 2.45) is 0 Å². The third-order valence-electron chi connectivity index (χ3n) is 2.50. The first kappa shape index (κ1) is 13.5. The van der Waals surface area contributed by atoms with Crippen molar-refractivity contribution in [2.45, 2.75) is 4.21 Å². The zero-order valence-corrected chi connectivity index (χ0v) is 11.5. The highest BCUT2D eigenvalue weighted by atomic mass is 32.2. The Morgan fingerprint density at radius 1 is 1.26 bits per heavy atom. The van der Waals surface area contributed by atoms with E-state index in [4.69, 9.17) is 5.26 Å². The lowest BCUT2D eigenvalue weighted by Crippen LogP contribution is -2.26. The van der Waals surface area contributed by atoms with Crippen molar-refractivity contribution >= 4 is 27.0 Å². The maximum Gasteiger partial charge on any atom is 0.273 e. The van der Waals surface area contributed by atoms with Crippen LogP contribution < -0.4 is 4.31 Å². The van der Waals surface area contributed by atoms with Crippen molar-refractivity contribution in [2.75, 3.05) is 11.4 Å². The van der Waals surface area contributed by atoms with Gasteiger partial charge >= 0.3 is 0 Å². The second kappa shape index (κ2) is 4.99. The molecule has 0 radical (unpaired) electrons. The third kappa shape index (κ3) is 2.45. The zero-order chi connectivity index (χ0) is 14.0. The first-order valence-electron chi connectivity index (χ1n) is 5.20. The van der Waals surface area contributed by atoms with E-state index in [1.807, 2.05) is 6.07 Å². The number of thiophene rings is 1. The van der Waals surface area contributed by atoms with Crippen molar-refractivity contribution in [1.29, 1.82) is 5.26 Å². The molecule has 2 rings (SSSR count). The van der Waals surface area contributed by atoms with E-state index < -0.39 is 15.8 Å². The van der Waals surface area contributed by atoms with Gasteiger partial charge in [-0.15, -0.1) is 11.3 Å². The van der Waals surface area contributed by atoms with Crippen molar-refractivity contribution in [3.8, 4) is 6.07 Å². The van der Waals surface area contributed by atoms with Crippen LogP contribution in [-0.4, -0.2) is 15.5 Å². The Balaban J connectivity index is 2.46. The Morgan fingerprint density at radius 2 is 1.95 bits per heavy atom. The molecule has 0 aliphatic heterocycles. The lowest BCUT2D eigenvalue weighted by Gasteiger charge is -2.18. The molecule has 19 heavy (non-hydrogen) atoms. The standard InChI is InChI=1S/C12H9FN2O2S2/c1-15(11-5-3-2-4-10(11)13)19(16,17)12-7-6-9(8-14)18-12/h2-7H,1H3. The Hall–Kier alpha value is -1.91. The van der Waals surface area contributed by atoms with Crippen LogP contribution in [0.5, 0.6) is 0 Å². The van der Waals surface area contributed by atoms with Crippen LogP contribution in [0.25, 0.3) is 0 Å². The minimum Gasteiger partial charge on any atom is -0.266 e. The fourth-order valence-electron chi connectivity index (χ4n) is 1.49. The highest BCUT2D eigenvalue weighted by Gasteiger charge is 2.25. The molecule has 0 aliphatic rings. The van der Waals surface area contributed by atoms with Gasteiger partial charge < -0.3 is 0 Å². The third-order valence-corrected chi connectivity index (χ3v) is 5.73. The minimum absolute atomic E-state index is 0.00908. The van der Waals surface area contributed by atoms with Gasteiger partial charge in [0, 0.05) is 7.05 Å². The van der Waals surface area contributed by atoms with E-state index in [-0.39, 0.29) is 9.90 Å². The molecule has 4 nitrogen and oxygen atoms in total. The number of para-hydroxylation sites is 1. The predicted molar refractivity (Wildman–Crippen MR) is 71.0 cm³/mol. The summed E-state index contributed by atoms with van der Waals surface area (Å²) in [6.07, 6.45) is 0.